The van der Waals surface area contributed by atoms with Crippen LogP contribution in [-0.2, 0) is 35.3 Å². The Hall–Kier alpha value is -6.07. The van der Waals surface area contributed by atoms with Crippen molar-refractivity contribution in [2.75, 3.05) is 25.0 Å². The molecule has 0 saturated carbocycles. The molecule has 5 amide bonds. The number of benzene rings is 2. The smallest absolute Gasteiger partial charge is 0.481 e. The molecule has 0 bridgehead atoms. The molecule has 1 aliphatic heterocycles. The van der Waals surface area contributed by atoms with Gasteiger partial charge >= 0.3 is 18.2 Å². The molecule has 0 aliphatic carbocycles. The van der Waals surface area contributed by atoms with Crippen molar-refractivity contribution in [3.05, 3.63) is 64.2 Å². The Morgan fingerprint density at radius 2 is 1.63 bits per heavy atom. The quantitative estimate of drug-likeness (QED) is 0.0453. The van der Waals surface area contributed by atoms with E-state index in [0.717, 1.165) is 0 Å². The Morgan fingerprint density at radius 1 is 0.981 bits per heavy atom. The van der Waals surface area contributed by atoms with Crippen LogP contribution in [0.3, 0.4) is 0 Å². The summed E-state index contributed by atoms with van der Waals surface area (Å²) < 4.78 is 10.1. The van der Waals surface area contributed by atoms with E-state index in [1.54, 1.807) is 38.1 Å². The zero-order chi connectivity index (χ0) is 39.8. The monoisotopic (exact) mass is 754 g/mol. The number of hydrogen-bond acceptors (Lipinski definition) is 11. The highest BCUT2D eigenvalue weighted by molar-refractivity contribution is 5.97. The van der Waals surface area contributed by atoms with E-state index in [9.17, 15) is 48.8 Å². The highest BCUT2D eigenvalue weighted by atomic mass is 16.7. The number of primary amides is 1. The second kappa shape index (κ2) is 20.8. The number of nitrogens with one attached hydrogen (secondary N) is 3. The van der Waals surface area contributed by atoms with Crippen molar-refractivity contribution in [1.29, 1.82) is 0 Å². The van der Waals surface area contributed by atoms with Gasteiger partial charge in [0.2, 0.25) is 17.7 Å². The highest BCUT2D eigenvalue weighted by Gasteiger charge is 2.31. The Balaban J connectivity index is 1.55. The lowest BCUT2D eigenvalue weighted by molar-refractivity contribution is -0.384. The van der Waals surface area contributed by atoms with Gasteiger partial charge in [-0.25, -0.2) is 9.59 Å². The third-order valence-corrected chi connectivity index (χ3v) is 8.77. The average molecular weight is 755 g/mol. The van der Waals surface area contributed by atoms with E-state index in [0.29, 0.717) is 43.6 Å². The number of piperidine rings is 1. The number of carboxylic acids is 1. The van der Waals surface area contributed by atoms with Crippen molar-refractivity contribution >= 4 is 53.0 Å². The van der Waals surface area contributed by atoms with Gasteiger partial charge in [0.1, 0.15) is 12.4 Å². The van der Waals surface area contributed by atoms with Gasteiger partial charge in [-0.2, -0.15) is 0 Å². The Labute approximate surface area is 311 Å². The number of amides is 5. The van der Waals surface area contributed by atoms with Gasteiger partial charge in [-0.15, -0.1) is 0 Å². The highest BCUT2D eigenvalue weighted by Crippen LogP contribution is 2.22. The molecule has 0 spiro atoms. The number of ether oxygens (including phenoxy) is 2. The molecule has 1 heterocycles. The molecule has 18 heteroatoms. The molecule has 1 aliphatic rings. The maximum atomic E-state index is 13.5. The molecule has 1 saturated heterocycles. The fourth-order valence-electron chi connectivity index (χ4n) is 5.71. The fraction of sp³-hybridized carbons (Fsp3) is 0.472. The zero-order valence-corrected chi connectivity index (χ0v) is 30.1. The van der Waals surface area contributed by atoms with E-state index in [2.05, 4.69) is 16.0 Å². The molecular formula is C36H46N6O12. The normalized spacial score (nSPS) is 13.9. The molecule has 1 fully saturated rings. The van der Waals surface area contributed by atoms with Gasteiger partial charge in [-0.05, 0) is 61.4 Å². The number of carbonyl (C=O) groups is 7. The minimum atomic E-state index is -1.03. The summed E-state index contributed by atoms with van der Waals surface area (Å²) in [5, 5.41) is 27.9. The third kappa shape index (κ3) is 14.2. The molecule has 54 heavy (non-hydrogen) atoms. The summed E-state index contributed by atoms with van der Waals surface area (Å²) in [7, 11) is 0. The standard InChI is InChI=1S/C36H46N6O12/c1-22(2)32(40-30(44)13-14-31(45)41-18-15-24(16-19-41)34(47)48)29(43)20-25(4-3-17-38-35(37)49)33(46)39-26-7-5-23(6-8-26)21-53-36(50)54-28-11-9-27(10-12-28)42(51)52/h5-12,22,24-25,32H,3-4,13-21H2,1-2H3,(H,39,46)(H,40,44)(H,47,48)(H3,37,38,49)/t25-,32+/m1/s1. The molecule has 3 rings (SSSR count). The van der Waals surface area contributed by atoms with Gasteiger partial charge in [0, 0.05) is 62.6 Å². The number of nitro groups is 1. The third-order valence-electron chi connectivity index (χ3n) is 8.77. The van der Waals surface area contributed by atoms with Crippen LogP contribution in [0.5, 0.6) is 5.75 Å². The number of rotatable bonds is 19. The van der Waals surface area contributed by atoms with Crippen LogP contribution in [0, 0.1) is 27.9 Å². The van der Waals surface area contributed by atoms with Crippen LogP contribution in [0.4, 0.5) is 21.0 Å². The first-order chi connectivity index (χ1) is 25.6. The second-order valence-corrected chi connectivity index (χ2v) is 13.2. The number of Topliss-reactive ketones (excluding diaryl/α,β-unsaturated/α-hetero) is 1. The SMILES string of the molecule is CC(C)[C@H](NC(=O)CCC(=O)N1CCC(C(=O)O)CC1)C(=O)C[C@@H](CCCNC(N)=O)C(=O)Nc1ccc(COC(=O)Oc2ccc([N+](=O)[O-])cc2)cc1. The van der Waals surface area contributed by atoms with Gasteiger partial charge in [-0.1, -0.05) is 26.0 Å². The van der Waals surface area contributed by atoms with Gasteiger partial charge < -0.3 is 41.2 Å². The fourth-order valence-corrected chi connectivity index (χ4v) is 5.71. The molecular weight excluding hydrogens is 708 g/mol. The predicted octanol–water partition coefficient (Wildman–Crippen LogP) is 3.52. The lowest BCUT2D eigenvalue weighted by Gasteiger charge is -2.30. The summed E-state index contributed by atoms with van der Waals surface area (Å²) in [6.07, 6.45) is -0.311. The van der Waals surface area contributed by atoms with Gasteiger partial charge in [0.25, 0.3) is 5.69 Å². The van der Waals surface area contributed by atoms with Crippen LogP contribution in [0.25, 0.3) is 0 Å². The topological polar surface area (TPSA) is 267 Å². The molecule has 0 radical (unpaired) electrons. The number of aliphatic carboxylic acids is 1. The van der Waals surface area contributed by atoms with Crippen molar-refractivity contribution < 1.29 is 53.1 Å². The van der Waals surface area contributed by atoms with Crippen molar-refractivity contribution in [2.45, 2.75) is 71.4 Å². The minimum Gasteiger partial charge on any atom is -0.481 e. The predicted molar refractivity (Wildman–Crippen MR) is 192 cm³/mol. The number of hydrogen-bond donors (Lipinski definition) is 5. The van der Waals surface area contributed by atoms with E-state index in [1.807, 2.05) is 0 Å². The Kier molecular flexibility index (Phi) is 16.3. The van der Waals surface area contributed by atoms with Crippen molar-refractivity contribution in [2.24, 2.45) is 23.5 Å². The van der Waals surface area contributed by atoms with E-state index >= 15 is 0 Å². The summed E-state index contributed by atoms with van der Waals surface area (Å²) in [6.45, 7) is 4.07. The first kappa shape index (κ1) is 42.3. The number of nitrogens with zero attached hydrogens (tertiary/aromatic N) is 2. The van der Waals surface area contributed by atoms with Crippen LogP contribution in [0.15, 0.2) is 48.5 Å². The maximum Gasteiger partial charge on any atom is 0.514 e. The summed E-state index contributed by atoms with van der Waals surface area (Å²) in [5.74, 6) is -4.17. The largest absolute Gasteiger partial charge is 0.514 e. The number of carboxylic acid groups (broad SMARTS) is 1. The summed E-state index contributed by atoms with van der Waals surface area (Å²) in [6, 6.07) is 9.53. The molecule has 18 nitrogen and oxygen atoms in total. The number of ketones is 1. The number of carbonyl (C=O) groups excluding carboxylic acids is 6. The maximum absolute atomic E-state index is 13.5. The van der Waals surface area contributed by atoms with Crippen molar-refractivity contribution in [3.8, 4) is 5.75 Å². The molecule has 0 aromatic heterocycles. The van der Waals surface area contributed by atoms with Crippen molar-refractivity contribution in [1.82, 2.24) is 15.5 Å². The van der Waals surface area contributed by atoms with E-state index in [1.165, 1.54) is 29.2 Å². The first-order valence-electron chi connectivity index (χ1n) is 17.5. The van der Waals surface area contributed by atoms with E-state index < -0.39 is 58.6 Å². The molecule has 292 valence electrons. The van der Waals surface area contributed by atoms with Crippen LogP contribution < -0.4 is 26.4 Å². The molecule has 2 atom stereocenters. The number of anilines is 1. The molecule has 2 aromatic rings. The minimum absolute atomic E-state index is 0.0591. The van der Waals surface area contributed by atoms with Crippen LogP contribution in [0.2, 0.25) is 0 Å². The number of non-ortho nitro benzene ring substituents is 1. The van der Waals surface area contributed by atoms with Gasteiger partial charge in [-0.3, -0.25) is 34.1 Å². The Morgan fingerprint density at radius 3 is 2.20 bits per heavy atom. The van der Waals surface area contributed by atoms with E-state index in [-0.39, 0.29) is 62.1 Å². The van der Waals surface area contributed by atoms with Crippen LogP contribution in [-0.4, -0.2) is 82.3 Å². The molecule has 2 aromatic carbocycles. The Bertz CT molecular complexity index is 1660. The lowest BCUT2D eigenvalue weighted by atomic mass is 9.89. The number of likely N-dealkylation sites (tertiary alicyclic amines) is 1. The zero-order valence-electron chi connectivity index (χ0n) is 30.1. The number of urea groups is 1. The molecule has 0 unspecified atom stereocenters. The first-order valence-corrected chi connectivity index (χ1v) is 17.5. The summed E-state index contributed by atoms with van der Waals surface area (Å²) >= 11 is 0. The van der Waals surface area contributed by atoms with Crippen LogP contribution in [0.1, 0.15) is 64.4 Å². The molecule has 6 N–H and O–H groups in total. The van der Waals surface area contributed by atoms with Gasteiger partial charge in [0.05, 0.1) is 16.9 Å². The lowest BCUT2D eigenvalue weighted by Crippen LogP contribution is -2.46. The number of nitrogens with two attached hydrogens (primary N) is 1. The summed E-state index contributed by atoms with van der Waals surface area (Å²) in [5.41, 5.74) is 5.92. The average Bonchev–Trinajstić information content (AvgIpc) is 3.13. The summed E-state index contributed by atoms with van der Waals surface area (Å²) in [4.78, 5) is 98.6. The van der Waals surface area contributed by atoms with Gasteiger partial charge in [0.15, 0.2) is 5.78 Å². The second-order valence-electron chi connectivity index (χ2n) is 13.2. The number of nitro benzene ring substituents is 1. The van der Waals surface area contributed by atoms with Crippen molar-refractivity contribution in [3.63, 3.8) is 0 Å². The van der Waals surface area contributed by atoms with Crippen LogP contribution >= 0.6 is 0 Å². The van der Waals surface area contributed by atoms with E-state index in [4.69, 9.17) is 15.2 Å².